The first-order valence-electron chi connectivity index (χ1n) is 12.8. The Balaban J connectivity index is 1.50. The predicted molar refractivity (Wildman–Crippen MR) is 138 cm³/mol. The van der Waals surface area contributed by atoms with Crippen LogP contribution in [0.1, 0.15) is 50.7 Å². The van der Waals surface area contributed by atoms with E-state index in [9.17, 15) is 29.1 Å². The molecule has 1 saturated carbocycles. The van der Waals surface area contributed by atoms with Crippen molar-refractivity contribution in [1.82, 2.24) is 16.0 Å². The normalized spacial score (nSPS) is 18.1. The molecule has 1 aliphatic carbocycles. The molecule has 1 aromatic heterocycles. The number of carboxylic acid groups (broad SMARTS) is 1. The van der Waals surface area contributed by atoms with E-state index >= 15 is 0 Å². The standard InChI is InChI=1S/C27H35N3O8/c1-14(2)24(25(34)29-12-16-4-6-17(7-5-16)26(35)36)30-23(33)13-28-22(32)11-20-15(3)19-9-8-18(31)10-21(19)38-27(20)37/h8-10,14,16-17,24,31H,4-7,11-13H2,1-3H3,(H,28,32)(H,29,34)(H,30,33)(H,35,36). The van der Waals surface area contributed by atoms with Crippen molar-refractivity contribution in [3.8, 4) is 5.75 Å². The molecule has 1 heterocycles. The third-order valence-corrected chi connectivity index (χ3v) is 7.08. The topological polar surface area (TPSA) is 175 Å². The number of carbonyl (C=O) groups excluding carboxylic acids is 3. The van der Waals surface area contributed by atoms with Crippen LogP contribution >= 0.6 is 0 Å². The van der Waals surface area contributed by atoms with Crippen LogP contribution in [0, 0.1) is 24.7 Å². The quantitative estimate of drug-likeness (QED) is 0.289. The smallest absolute Gasteiger partial charge is 0.340 e. The first-order valence-corrected chi connectivity index (χ1v) is 12.8. The maximum Gasteiger partial charge on any atom is 0.340 e. The highest BCUT2D eigenvalue weighted by atomic mass is 16.4. The van der Waals surface area contributed by atoms with Crippen molar-refractivity contribution < 1.29 is 33.8 Å². The number of hydrogen-bond donors (Lipinski definition) is 5. The maximum absolute atomic E-state index is 12.7. The average molecular weight is 530 g/mol. The van der Waals surface area contributed by atoms with Gasteiger partial charge in [0.25, 0.3) is 0 Å². The Morgan fingerprint density at radius 3 is 2.37 bits per heavy atom. The zero-order chi connectivity index (χ0) is 28.0. The third kappa shape index (κ3) is 7.33. The molecule has 0 bridgehead atoms. The molecule has 3 rings (SSSR count). The molecule has 0 aliphatic heterocycles. The highest BCUT2D eigenvalue weighted by Crippen LogP contribution is 2.28. The van der Waals surface area contributed by atoms with Crippen LogP contribution in [0.5, 0.6) is 5.75 Å². The van der Waals surface area contributed by atoms with Gasteiger partial charge in [-0.15, -0.1) is 0 Å². The lowest BCUT2D eigenvalue weighted by Crippen LogP contribution is -2.52. The molecular formula is C27H35N3O8. The van der Waals surface area contributed by atoms with Gasteiger partial charge in [-0.1, -0.05) is 13.8 Å². The highest BCUT2D eigenvalue weighted by molar-refractivity contribution is 5.91. The Kier molecular flexibility index (Phi) is 9.49. The summed E-state index contributed by atoms with van der Waals surface area (Å²) in [5.41, 5.74) is 0.205. The second-order valence-corrected chi connectivity index (χ2v) is 10.2. The summed E-state index contributed by atoms with van der Waals surface area (Å²) in [6.45, 7) is 5.30. The minimum absolute atomic E-state index is 0.0483. The SMILES string of the molecule is Cc1c(CC(=O)NCC(=O)NC(C(=O)NCC2CCC(C(=O)O)CC2)C(C)C)c(=O)oc2cc(O)ccc12. The monoisotopic (exact) mass is 529 g/mol. The van der Waals surface area contributed by atoms with Crippen LogP contribution in [0.2, 0.25) is 0 Å². The Labute approximate surface area is 220 Å². The molecule has 11 nitrogen and oxygen atoms in total. The van der Waals surface area contributed by atoms with Gasteiger partial charge in [0.1, 0.15) is 17.4 Å². The van der Waals surface area contributed by atoms with Gasteiger partial charge >= 0.3 is 11.6 Å². The number of carboxylic acids is 1. The summed E-state index contributed by atoms with van der Waals surface area (Å²) in [7, 11) is 0. The van der Waals surface area contributed by atoms with E-state index in [4.69, 9.17) is 9.52 Å². The van der Waals surface area contributed by atoms with Gasteiger partial charge < -0.3 is 30.6 Å². The number of fused-ring (bicyclic) bond motifs is 1. The lowest BCUT2D eigenvalue weighted by molar-refractivity contribution is -0.143. The summed E-state index contributed by atoms with van der Waals surface area (Å²) in [4.78, 5) is 61.2. The van der Waals surface area contributed by atoms with E-state index in [1.807, 2.05) is 0 Å². The second-order valence-electron chi connectivity index (χ2n) is 10.2. The Morgan fingerprint density at radius 2 is 1.74 bits per heavy atom. The van der Waals surface area contributed by atoms with E-state index < -0.39 is 29.5 Å². The van der Waals surface area contributed by atoms with Crippen LogP contribution < -0.4 is 21.6 Å². The van der Waals surface area contributed by atoms with E-state index in [2.05, 4.69) is 16.0 Å². The fraction of sp³-hybridized carbons (Fsp3) is 0.519. The molecule has 2 aromatic rings. The van der Waals surface area contributed by atoms with Gasteiger partial charge in [-0.3, -0.25) is 19.2 Å². The number of aryl methyl sites for hydroxylation is 1. The van der Waals surface area contributed by atoms with Gasteiger partial charge in [0.05, 0.1) is 24.4 Å². The van der Waals surface area contributed by atoms with E-state index in [0.29, 0.717) is 30.3 Å². The molecule has 3 amide bonds. The van der Waals surface area contributed by atoms with Crippen LogP contribution in [0.3, 0.4) is 0 Å². The van der Waals surface area contributed by atoms with Gasteiger partial charge in [0.2, 0.25) is 17.7 Å². The fourth-order valence-electron chi connectivity index (χ4n) is 4.72. The van der Waals surface area contributed by atoms with Crippen LogP contribution in [0.25, 0.3) is 11.0 Å². The summed E-state index contributed by atoms with van der Waals surface area (Å²) >= 11 is 0. The van der Waals surface area contributed by atoms with Crippen LogP contribution in [-0.2, 0) is 25.6 Å². The fourth-order valence-corrected chi connectivity index (χ4v) is 4.72. The second kappa shape index (κ2) is 12.6. The lowest BCUT2D eigenvalue weighted by atomic mass is 9.82. The Bertz CT molecular complexity index is 1260. The van der Waals surface area contributed by atoms with Gasteiger partial charge in [-0.05, 0) is 62.1 Å². The van der Waals surface area contributed by atoms with Crippen LogP contribution in [0.4, 0.5) is 0 Å². The predicted octanol–water partition coefficient (Wildman–Crippen LogP) is 1.61. The van der Waals surface area contributed by atoms with Crippen molar-refractivity contribution in [3.63, 3.8) is 0 Å². The molecule has 0 radical (unpaired) electrons. The number of aliphatic carboxylic acids is 1. The molecule has 0 spiro atoms. The summed E-state index contributed by atoms with van der Waals surface area (Å²) in [6, 6.07) is 3.56. The molecular weight excluding hydrogens is 494 g/mol. The third-order valence-electron chi connectivity index (χ3n) is 7.08. The first-order chi connectivity index (χ1) is 18.0. The van der Waals surface area contributed by atoms with Crippen molar-refractivity contribution in [2.45, 2.75) is 58.9 Å². The van der Waals surface area contributed by atoms with E-state index in [-0.39, 0.29) is 53.5 Å². The van der Waals surface area contributed by atoms with Gasteiger partial charge in [0, 0.05) is 18.0 Å². The first kappa shape index (κ1) is 28.7. The molecule has 1 fully saturated rings. The number of aromatic hydroxyl groups is 1. The molecule has 1 unspecified atom stereocenters. The summed E-state index contributed by atoms with van der Waals surface area (Å²) < 4.78 is 5.22. The summed E-state index contributed by atoms with van der Waals surface area (Å²) in [5.74, 6) is -2.61. The average Bonchev–Trinajstić information content (AvgIpc) is 2.86. The van der Waals surface area contributed by atoms with Crippen molar-refractivity contribution in [2.24, 2.45) is 17.8 Å². The molecule has 206 valence electrons. The number of benzene rings is 1. The zero-order valence-corrected chi connectivity index (χ0v) is 21.8. The number of rotatable bonds is 10. The largest absolute Gasteiger partial charge is 0.508 e. The number of phenolic OH excluding ortho intramolecular Hbond substituents is 1. The van der Waals surface area contributed by atoms with Gasteiger partial charge in [-0.25, -0.2) is 4.79 Å². The Morgan fingerprint density at radius 1 is 1.05 bits per heavy atom. The zero-order valence-electron chi connectivity index (χ0n) is 21.8. The van der Waals surface area contributed by atoms with Crippen molar-refractivity contribution in [1.29, 1.82) is 0 Å². The Hall–Kier alpha value is -3.89. The number of amides is 3. The van der Waals surface area contributed by atoms with Crippen molar-refractivity contribution in [2.75, 3.05) is 13.1 Å². The number of nitrogens with one attached hydrogen (secondary N) is 3. The van der Waals surface area contributed by atoms with E-state index in [0.717, 1.165) is 12.8 Å². The maximum atomic E-state index is 12.7. The molecule has 1 atom stereocenters. The van der Waals surface area contributed by atoms with Gasteiger partial charge in [0.15, 0.2) is 0 Å². The molecule has 38 heavy (non-hydrogen) atoms. The van der Waals surface area contributed by atoms with Gasteiger partial charge in [-0.2, -0.15) is 0 Å². The minimum atomic E-state index is -0.805. The minimum Gasteiger partial charge on any atom is -0.508 e. The van der Waals surface area contributed by atoms with E-state index in [1.54, 1.807) is 26.8 Å². The van der Waals surface area contributed by atoms with Crippen molar-refractivity contribution in [3.05, 3.63) is 39.7 Å². The lowest BCUT2D eigenvalue weighted by Gasteiger charge is -2.27. The van der Waals surface area contributed by atoms with Crippen LogP contribution in [0.15, 0.2) is 27.4 Å². The van der Waals surface area contributed by atoms with Crippen LogP contribution in [-0.4, -0.2) is 53.0 Å². The molecule has 1 aliphatic rings. The molecule has 0 saturated heterocycles. The number of hydrogen-bond acceptors (Lipinski definition) is 7. The van der Waals surface area contributed by atoms with Crippen molar-refractivity contribution >= 4 is 34.7 Å². The molecule has 1 aromatic carbocycles. The summed E-state index contributed by atoms with van der Waals surface area (Å²) in [5, 5.41) is 27.3. The molecule has 11 heteroatoms. The number of phenols is 1. The highest BCUT2D eigenvalue weighted by Gasteiger charge is 2.28. The summed E-state index contributed by atoms with van der Waals surface area (Å²) in [6.07, 6.45) is 2.32. The van der Waals surface area contributed by atoms with E-state index in [1.165, 1.54) is 12.1 Å². The number of carbonyl (C=O) groups is 4. The molecule has 5 N–H and O–H groups in total.